The second-order valence-electron chi connectivity index (χ2n) is 3.83. The molecule has 2 aromatic rings. The van der Waals surface area contributed by atoms with Crippen LogP contribution in [0.5, 0.6) is 0 Å². The van der Waals surface area contributed by atoms with E-state index in [0.717, 1.165) is 15.0 Å². The maximum Gasteiger partial charge on any atom is 0.346 e. The van der Waals surface area contributed by atoms with Gasteiger partial charge < -0.3 is 0 Å². The van der Waals surface area contributed by atoms with Crippen LogP contribution >= 0.6 is 38.9 Å². The van der Waals surface area contributed by atoms with Gasteiger partial charge in [-0.05, 0) is 15.9 Å². The number of rotatable bonds is 5. The van der Waals surface area contributed by atoms with Gasteiger partial charge in [0.1, 0.15) is 0 Å². The molecule has 0 aliphatic carbocycles. The SMILES string of the molecule is O=NN(CCCl)C(=O)Nc1nc(-c2ccccc2)c(Br)s1. The molecule has 0 saturated carbocycles. The molecule has 0 atom stereocenters. The predicted octanol–water partition coefficient (Wildman–Crippen LogP) is 4.33. The normalized spacial score (nSPS) is 10.2. The van der Waals surface area contributed by atoms with Crippen LogP contribution in [0.1, 0.15) is 0 Å². The lowest BCUT2D eigenvalue weighted by Crippen LogP contribution is -2.31. The lowest BCUT2D eigenvalue weighted by atomic mass is 10.2. The Kier molecular flexibility index (Phi) is 5.66. The Morgan fingerprint density at radius 3 is 2.76 bits per heavy atom. The van der Waals surface area contributed by atoms with E-state index in [1.165, 1.54) is 11.3 Å². The summed E-state index contributed by atoms with van der Waals surface area (Å²) in [6.45, 7) is 0.0367. The van der Waals surface area contributed by atoms with Gasteiger partial charge in [0.2, 0.25) is 0 Å². The van der Waals surface area contributed by atoms with Gasteiger partial charge in [0, 0.05) is 11.4 Å². The van der Waals surface area contributed by atoms with Gasteiger partial charge in [0.25, 0.3) is 0 Å². The van der Waals surface area contributed by atoms with E-state index in [0.29, 0.717) is 10.1 Å². The second kappa shape index (κ2) is 7.48. The van der Waals surface area contributed by atoms with Gasteiger partial charge in [-0.3, -0.25) is 5.32 Å². The Hall–Kier alpha value is -1.51. The first-order valence-corrected chi connectivity index (χ1v) is 7.99. The molecule has 2 amide bonds. The minimum Gasteiger partial charge on any atom is -0.282 e. The van der Waals surface area contributed by atoms with Crippen molar-refractivity contribution in [2.75, 3.05) is 17.7 Å². The number of nitroso groups, excluding NO2 is 1. The maximum absolute atomic E-state index is 11.8. The number of benzene rings is 1. The summed E-state index contributed by atoms with van der Waals surface area (Å²) in [7, 11) is 0. The van der Waals surface area contributed by atoms with Crippen molar-refractivity contribution in [3.05, 3.63) is 39.0 Å². The van der Waals surface area contributed by atoms with E-state index < -0.39 is 6.03 Å². The van der Waals surface area contributed by atoms with E-state index in [2.05, 4.69) is 31.5 Å². The molecule has 2 rings (SSSR count). The zero-order chi connectivity index (χ0) is 15.2. The molecule has 21 heavy (non-hydrogen) atoms. The highest BCUT2D eigenvalue weighted by Gasteiger charge is 2.17. The van der Waals surface area contributed by atoms with Gasteiger partial charge in [-0.1, -0.05) is 41.7 Å². The summed E-state index contributed by atoms with van der Waals surface area (Å²) in [6.07, 6.45) is 0. The number of nitrogens with zero attached hydrogens (tertiary/aromatic N) is 3. The van der Waals surface area contributed by atoms with Crippen LogP contribution in [-0.4, -0.2) is 28.4 Å². The summed E-state index contributed by atoms with van der Waals surface area (Å²) in [5, 5.41) is 6.22. The summed E-state index contributed by atoms with van der Waals surface area (Å²) >= 11 is 10.2. The van der Waals surface area contributed by atoms with Crippen molar-refractivity contribution in [3.8, 4) is 11.3 Å². The number of amides is 2. The number of carbonyl (C=O) groups excluding carboxylic acids is 1. The summed E-state index contributed by atoms with van der Waals surface area (Å²) < 4.78 is 0.784. The number of anilines is 1. The van der Waals surface area contributed by atoms with E-state index in [1.807, 2.05) is 30.3 Å². The van der Waals surface area contributed by atoms with Crippen LogP contribution < -0.4 is 5.32 Å². The number of thiazole rings is 1. The van der Waals surface area contributed by atoms with E-state index >= 15 is 0 Å². The quantitative estimate of drug-likeness (QED) is 0.470. The minimum absolute atomic E-state index is 0.0367. The monoisotopic (exact) mass is 388 g/mol. The lowest BCUT2D eigenvalue weighted by molar-refractivity contribution is 0.216. The number of alkyl halides is 1. The fourth-order valence-electron chi connectivity index (χ4n) is 1.54. The lowest BCUT2D eigenvalue weighted by Gasteiger charge is -2.10. The number of hydrogen-bond acceptors (Lipinski definition) is 5. The Labute approximate surface area is 138 Å². The molecule has 0 aliphatic heterocycles. The molecule has 0 bridgehead atoms. The minimum atomic E-state index is -0.661. The fraction of sp³-hybridized carbons (Fsp3) is 0.167. The molecule has 0 fully saturated rings. The van der Waals surface area contributed by atoms with Gasteiger partial charge in [-0.25, -0.2) is 9.78 Å². The highest BCUT2D eigenvalue weighted by atomic mass is 79.9. The van der Waals surface area contributed by atoms with E-state index in [1.54, 1.807) is 0 Å². The maximum atomic E-state index is 11.8. The third-order valence-corrected chi connectivity index (χ3v) is 4.27. The van der Waals surface area contributed by atoms with Gasteiger partial charge in [0.15, 0.2) is 5.13 Å². The smallest absolute Gasteiger partial charge is 0.282 e. The third kappa shape index (κ3) is 3.99. The van der Waals surface area contributed by atoms with Crippen LogP contribution in [0, 0.1) is 4.91 Å². The standard InChI is InChI=1S/C12H10BrClN4O2S/c13-10-9(8-4-2-1-3-5-8)15-11(21-10)16-12(19)18(17-20)7-6-14/h1-5H,6-7H2,(H,15,16,19). The molecule has 0 radical (unpaired) electrons. The Bertz CT molecular complexity index is 637. The molecule has 110 valence electrons. The summed E-state index contributed by atoms with van der Waals surface area (Å²) in [5.41, 5.74) is 1.64. The van der Waals surface area contributed by atoms with Crippen LogP contribution in [0.4, 0.5) is 9.93 Å². The molecule has 1 aromatic heterocycles. The first kappa shape index (κ1) is 15.9. The molecular formula is C12H10BrClN4O2S. The van der Waals surface area contributed by atoms with Crippen LogP contribution in [0.3, 0.4) is 0 Å². The van der Waals surface area contributed by atoms with E-state index in [-0.39, 0.29) is 12.4 Å². The average Bonchev–Trinajstić information content (AvgIpc) is 2.86. The first-order valence-electron chi connectivity index (χ1n) is 5.85. The van der Waals surface area contributed by atoms with Crippen LogP contribution in [0.15, 0.2) is 39.4 Å². The molecule has 0 spiro atoms. The molecule has 1 heterocycles. The predicted molar refractivity (Wildman–Crippen MR) is 87.5 cm³/mol. The second-order valence-corrected chi connectivity index (χ2v) is 6.53. The summed E-state index contributed by atoms with van der Waals surface area (Å²) in [6, 6.07) is 8.88. The van der Waals surface area contributed by atoms with E-state index in [4.69, 9.17) is 11.6 Å². The number of hydrogen-bond donors (Lipinski definition) is 1. The van der Waals surface area contributed by atoms with Crippen LogP contribution in [-0.2, 0) is 0 Å². The van der Waals surface area contributed by atoms with Crippen molar-refractivity contribution in [2.24, 2.45) is 5.29 Å². The van der Waals surface area contributed by atoms with Crippen molar-refractivity contribution in [1.82, 2.24) is 9.99 Å². The highest BCUT2D eigenvalue weighted by Crippen LogP contribution is 2.35. The number of halogens is 2. The highest BCUT2D eigenvalue weighted by molar-refractivity contribution is 9.11. The Balaban J connectivity index is 2.16. The van der Waals surface area contributed by atoms with Crippen molar-refractivity contribution in [1.29, 1.82) is 0 Å². The molecule has 1 aromatic carbocycles. The first-order chi connectivity index (χ1) is 10.2. The molecule has 0 saturated heterocycles. The molecule has 0 aliphatic rings. The zero-order valence-corrected chi connectivity index (χ0v) is 13.8. The Morgan fingerprint density at radius 1 is 1.43 bits per heavy atom. The van der Waals surface area contributed by atoms with Crippen molar-refractivity contribution >= 4 is 50.0 Å². The fourth-order valence-corrected chi connectivity index (χ4v) is 3.19. The van der Waals surface area contributed by atoms with Crippen molar-refractivity contribution in [2.45, 2.75) is 0 Å². The summed E-state index contributed by atoms with van der Waals surface area (Å²) in [5.74, 6) is 0.121. The van der Waals surface area contributed by atoms with E-state index in [9.17, 15) is 9.70 Å². The molecule has 0 unspecified atom stereocenters. The molecule has 9 heteroatoms. The molecular weight excluding hydrogens is 380 g/mol. The molecule has 6 nitrogen and oxygen atoms in total. The number of nitrogens with one attached hydrogen (secondary N) is 1. The topological polar surface area (TPSA) is 74.7 Å². The largest absolute Gasteiger partial charge is 0.346 e. The van der Waals surface area contributed by atoms with Gasteiger partial charge in [-0.15, -0.1) is 16.5 Å². The van der Waals surface area contributed by atoms with Crippen molar-refractivity contribution < 1.29 is 4.79 Å². The van der Waals surface area contributed by atoms with Gasteiger partial charge in [-0.2, -0.15) is 5.01 Å². The number of carbonyl (C=O) groups is 1. The number of urea groups is 1. The zero-order valence-electron chi connectivity index (χ0n) is 10.6. The number of aromatic nitrogens is 1. The third-order valence-electron chi connectivity index (χ3n) is 2.48. The summed E-state index contributed by atoms with van der Waals surface area (Å²) in [4.78, 5) is 26.7. The van der Waals surface area contributed by atoms with Gasteiger partial charge in [0.05, 0.1) is 21.3 Å². The van der Waals surface area contributed by atoms with Crippen LogP contribution in [0.2, 0.25) is 0 Å². The van der Waals surface area contributed by atoms with Crippen molar-refractivity contribution in [3.63, 3.8) is 0 Å². The molecule has 1 N–H and O–H groups in total. The Morgan fingerprint density at radius 2 is 2.14 bits per heavy atom. The van der Waals surface area contributed by atoms with Crippen LogP contribution in [0.25, 0.3) is 11.3 Å². The van der Waals surface area contributed by atoms with Gasteiger partial charge >= 0.3 is 6.03 Å². The average molecular weight is 390 g/mol.